The molecule has 1 aromatic carbocycles. The molecular weight excluding hydrogens is 394 g/mol. The van der Waals surface area contributed by atoms with Crippen molar-refractivity contribution in [3.05, 3.63) is 98.4 Å². The summed E-state index contributed by atoms with van der Waals surface area (Å²) in [6.45, 7) is 5.95. The van der Waals surface area contributed by atoms with Crippen molar-refractivity contribution < 1.29 is 0 Å². The van der Waals surface area contributed by atoms with Crippen molar-refractivity contribution in [1.29, 1.82) is 5.26 Å². The summed E-state index contributed by atoms with van der Waals surface area (Å²) < 4.78 is 7.76. The molecule has 0 aliphatic rings. The topological polar surface area (TPSA) is 76.5 Å². The Labute approximate surface area is 178 Å². The highest BCUT2D eigenvalue weighted by Crippen LogP contribution is 2.21. The van der Waals surface area contributed by atoms with Crippen molar-refractivity contribution >= 4 is 11.5 Å². The Kier molecular flexibility index (Phi) is 5.34. The van der Waals surface area contributed by atoms with Gasteiger partial charge in [0.05, 0.1) is 23.6 Å². The summed E-state index contributed by atoms with van der Waals surface area (Å²) in [4.78, 5) is 18.4. The molecule has 0 unspecified atom stereocenters. The zero-order chi connectivity index (χ0) is 21.3. The quantitative estimate of drug-likeness (QED) is 0.490. The van der Waals surface area contributed by atoms with Gasteiger partial charge in [0, 0.05) is 41.1 Å². The average molecular weight is 416 g/mol. The van der Waals surface area contributed by atoms with Crippen LogP contribution in [0, 0.1) is 25.2 Å². The molecule has 3 aromatic heterocycles. The molecule has 0 spiro atoms. The van der Waals surface area contributed by atoms with E-state index in [-0.39, 0.29) is 11.6 Å². The van der Waals surface area contributed by atoms with Crippen molar-refractivity contribution in [3.8, 4) is 11.8 Å². The maximum Gasteiger partial charge on any atom is 0.254 e. The zero-order valence-electron chi connectivity index (χ0n) is 17.0. The van der Waals surface area contributed by atoms with Crippen LogP contribution in [0.3, 0.4) is 0 Å². The number of nitriles is 1. The van der Waals surface area contributed by atoms with E-state index in [1.54, 1.807) is 29.4 Å². The highest BCUT2D eigenvalue weighted by Gasteiger charge is 2.16. The maximum absolute atomic E-state index is 13.2. The summed E-state index contributed by atoms with van der Waals surface area (Å²) in [5, 5.41) is 9.48. The van der Waals surface area contributed by atoms with E-state index in [4.69, 9.17) is 0 Å². The van der Waals surface area contributed by atoms with Crippen LogP contribution in [0.2, 0.25) is 0 Å². The van der Waals surface area contributed by atoms with Crippen LogP contribution in [0.5, 0.6) is 0 Å². The molecule has 0 aliphatic carbocycles. The number of hydrogen-bond acceptors (Lipinski definition) is 5. The van der Waals surface area contributed by atoms with E-state index in [2.05, 4.69) is 21.5 Å². The number of benzene rings is 1. The second-order valence-electron chi connectivity index (χ2n) is 7.39. The Hall–Kier alpha value is -3.50. The van der Waals surface area contributed by atoms with Gasteiger partial charge in [0.25, 0.3) is 5.56 Å². The van der Waals surface area contributed by atoms with E-state index in [1.165, 1.54) is 11.5 Å². The van der Waals surface area contributed by atoms with E-state index in [0.29, 0.717) is 17.5 Å². The number of imidazole rings is 1. The lowest BCUT2D eigenvalue weighted by molar-refractivity contribution is 0.618. The average Bonchev–Trinajstić information content (AvgIpc) is 3.41. The van der Waals surface area contributed by atoms with E-state index in [9.17, 15) is 10.1 Å². The minimum absolute atomic E-state index is 0.0816. The minimum Gasteiger partial charge on any atom is -0.306 e. The summed E-state index contributed by atoms with van der Waals surface area (Å²) in [6.07, 6.45) is 7.60. The van der Waals surface area contributed by atoms with Gasteiger partial charge in [-0.15, -0.1) is 0 Å². The van der Waals surface area contributed by atoms with Crippen LogP contribution in [-0.2, 0) is 6.42 Å². The summed E-state index contributed by atoms with van der Waals surface area (Å²) in [6, 6.07) is 11.8. The molecule has 0 radical (unpaired) electrons. The molecular formula is C23H21N5OS. The van der Waals surface area contributed by atoms with Gasteiger partial charge in [-0.3, -0.25) is 4.79 Å². The van der Waals surface area contributed by atoms with Gasteiger partial charge in [-0.25, -0.2) is 9.36 Å². The highest BCUT2D eigenvalue weighted by molar-refractivity contribution is 7.05. The first kappa shape index (κ1) is 19.8. The Morgan fingerprint density at radius 3 is 2.67 bits per heavy atom. The Bertz CT molecular complexity index is 1290. The van der Waals surface area contributed by atoms with Crippen molar-refractivity contribution in [1.82, 2.24) is 18.5 Å². The van der Waals surface area contributed by atoms with Crippen LogP contribution in [0.15, 0.2) is 60.0 Å². The van der Waals surface area contributed by atoms with E-state index < -0.39 is 0 Å². The van der Waals surface area contributed by atoms with Gasteiger partial charge < -0.3 is 9.13 Å². The largest absolute Gasteiger partial charge is 0.306 e. The zero-order valence-corrected chi connectivity index (χ0v) is 17.8. The van der Waals surface area contributed by atoms with Crippen molar-refractivity contribution in [2.45, 2.75) is 33.2 Å². The third-order valence-electron chi connectivity index (χ3n) is 5.18. The molecule has 4 rings (SSSR count). The summed E-state index contributed by atoms with van der Waals surface area (Å²) in [5.74, 6) is 0. The lowest BCUT2D eigenvalue weighted by atomic mass is 10.0. The first-order valence-corrected chi connectivity index (χ1v) is 10.4. The molecule has 0 amide bonds. The number of pyridine rings is 1. The summed E-state index contributed by atoms with van der Waals surface area (Å²) >= 11 is 1.36. The Balaban J connectivity index is 1.69. The first-order valence-electron chi connectivity index (χ1n) is 9.62. The minimum atomic E-state index is -0.175. The number of nitrogens with zero attached hydrogens (tertiary/aromatic N) is 5. The normalized spacial score (nSPS) is 11.9. The molecule has 6 nitrogen and oxygen atoms in total. The molecule has 0 N–H and O–H groups in total. The molecule has 7 heteroatoms. The van der Waals surface area contributed by atoms with Crippen LogP contribution in [0.4, 0.5) is 0 Å². The lowest BCUT2D eigenvalue weighted by Gasteiger charge is -2.16. The molecule has 0 saturated carbocycles. The van der Waals surface area contributed by atoms with E-state index in [0.717, 1.165) is 27.4 Å². The van der Waals surface area contributed by atoms with Crippen molar-refractivity contribution in [2.75, 3.05) is 0 Å². The van der Waals surface area contributed by atoms with Gasteiger partial charge in [0.2, 0.25) is 0 Å². The molecule has 0 saturated heterocycles. The molecule has 4 aromatic rings. The van der Waals surface area contributed by atoms with Crippen LogP contribution < -0.4 is 5.56 Å². The SMILES string of the molecule is Cc1cn(-c2ccc(Cc3cc(C#N)cn([C@@H](C)c4ccns4)c3=O)cc2C)cn1. The van der Waals surface area contributed by atoms with Crippen molar-refractivity contribution in [2.24, 2.45) is 0 Å². The van der Waals surface area contributed by atoms with Gasteiger partial charge in [-0.2, -0.15) is 5.26 Å². The third kappa shape index (κ3) is 3.82. The van der Waals surface area contributed by atoms with Gasteiger partial charge in [0.15, 0.2) is 0 Å². The smallest absolute Gasteiger partial charge is 0.254 e. The molecule has 0 aliphatic heterocycles. The summed E-state index contributed by atoms with van der Waals surface area (Å²) in [5.41, 5.74) is 5.14. The monoisotopic (exact) mass is 415 g/mol. The van der Waals surface area contributed by atoms with Crippen LogP contribution in [-0.4, -0.2) is 18.5 Å². The van der Waals surface area contributed by atoms with Gasteiger partial charge in [-0.1, -0.05) is 12.1 Å². The molecule has 3 heterocycles. The van der Waals surface area contributed by atoms with Gasteiger partial charge in [0.1, 0.15) is 6.07 Å². The fraction of sp³-hybridized carbons (Fsp3) is 0.217. The number of aromatic nitrogens is 4. The van der Waals surface area contributed by atoms with Gasteiger partial charge >= 0.3 is 0 Å². The molecule has 0 fully saturated rings. The molecule has 30 heavy (non-hydrogen) atoms. The van der Waals surface area contributed by atoms with E-state index >= 15 is 0 Å². The Morgan fingerprint density at radius 2 is 2.03 bits per heavy atom. The predicted octanol–water partition coefficient (Wildman–Crippen LogP) is 4.18. The maximum atomic E-state index is 13.2. The first-order chi connectivity index (χ1) is 14.5. The van der Waals surface area contributed by atoms with Crippen LogP contribution >= 0.6 is 11.5 Å². The number of hydrogen-bond donors (Lipinski definition) is 0. The third-order valence-corrected chi connectivity index (χ3v) is 6.09. The number of rotatable bonds is 5. The highest BCUT2D eigenvalue weighted by atomic mass is 32.1. The van der Waals surface area contributed by atoms with Gasteiger partial charge in [-0.05, 0) is 61.6 Å². The second-order valence-corrected chi connectivity index (χ2v) is 8.25. The summed E-state index contributed by atoms with van der Waals surface area (Å²) in [7, 11) is 0. The predicted molar refractivity (Wildman–Crippen MR) is 117 cm³/mol. The fourth-order valence-corrected chi connectivity index (χ4v) is 4.24. The Morgan fingerprint density at radius 1 is 1.20 bits per heavy atom. The van der Waals surface area contributed by atoms with Crippen LogP contribution in [0.1, 0.15) is 45.8 Å². The van der Waals surface area contributed by atoms with Crippen molar-refractivity contribution in [3.63, 3.8) is 0 Å². The lowest BCUT2D eigenvalue weighted by Crippen LogP contribution is -2.27. The molecule has 1 atom stereocenters. The number of aryl methyl sites for hydroxylation is 2. The fourth-order valence-electron chi connectivity index (χ4n) is 3.60. The molecule has 0 bridgehead atoms. The van der Waals surface area contributed by atoms with E-state index in [1.807, 2.05) is 49.7 Å². The standard InChI is InChI=1S/C23H21N5OS/c1-15-8-18(4-5-21(15)27-12-16(2)25-14-27)9-20-10-19(11-24)13-28(23(20)29)17(3)22-6-7-26-30-22/h4-8,10,12-14,17H,9H2,1-3H3/t17-/m0/s1. The van der Waals surface area contributed by atoms with Crippen LogP contribution in [0.25, 0.3) is 5.69 Å². The second kappa shape index (κ2) is 8.09. The molecule has 150 valence electrons.